The molecule has 0 amide bonds. The molecule has 2 nitrogen and oxygen atoms in total. The number of aldehydes is 1. The number of hydrogen-bond donors (Lipinski definition) is 0. The zero-order valence-electron chi connectivity index (χ0n) is 8.77. The number of thiophene rings is 1. The maximum Gasteiger partial charge on any atom is 0.417 e. The third kappa shape index (κ3) is 3.11. The molecule has 2 aromatic rings. The maximum atomic E-state index is 12.3. The lowest BCUT2D eigenvalue weighted by Crippen LogP contribution is -2.04. The zero-order valence-corrected chi connectivity index (χ0v) is 10.4. The van der Waals surface area contributed by atoms with Gasteiger partial charge in [0, 0.05) is 6.20 Å². The van der Waals surface area contributed by atoms with Gasteiger partial charge in [0.25, 0.3) is 0 Å². The van der Waals surface area contributed by atoms with E-state index in [2.05, 4.69) is 4.98 Å². The smallest absolute Gasteiger partial charge is 0.297 e. The van der Waals surface area contributed by atoms with Crippen LogP contribution in [-0.4, -0.2) is 11.3 Å². The quantitative estimate of drug-likeness (QED) is 0.796. The van der Waals surface area contributed by atoms with E-state index in [1.54, 1.807) is 12.1 Å². The monoisotopic (exact) mass is 289 g/mol. The lowest BCUT2D eigenvalue weighted by Gasteiger charge is -2.05. The van der Waals surface area contributed by atoms with Crippen molar-refractivity contribution in [1.29, 1.82) is 0 Å². The minimum atomic E-state index is -4.37. The molecular formula is C11H6F3NOS2. The molecule has 0 fully saturated rings. The Labute approximate surface area is 109 Å². The molecule has 0 aromatic carbocycles. The van der Waals surface area contributed by atoms with Crippen molar-refractivity contribution < 1.29 is 18.0 Å². The van der Waals surface area contributed by atoms with Crippen molar-refractivity contribution >= 4 is 29.4 Å². The van der Waals surface area contributed by atoms with E-state index in [4.69, 9.17) is 0 Å². The topological polar surface area (TPSA) is 30.0 Å². The van der Waals surface area contributed by atoms with Crippen LogP contribution < -0.4 is 0 Å². The Balaban J connectivity index is 2.13. The van der Waals surface area contributed by atoms with Gasteiger partial charge < -0.3 is 0 Å². The summed E-state index contributed by atoms with van der Waals surface area (Å²) in [7, 11) is 0. The third-order valence-corrected chi connectivity index (χ3v) is 4.08. The summed E-state index contributed by atoms with van der Waals surface area (Å²) in [6, 6.07) is 5.69. The standard InChI is InChI=1S/C11H6F3NOS2/c12-11(13,14)7-1-3-9(15-5-7)18-10-4-2-8(6-16)17-10/h1-6H. The van der Waals surface area contributed by atoms with Crippen molar-refractivity contribution in [3.05, 3.63) is 40.9 Å². The number of pyridine rings is 1. The Morgan fingerprint density at radius 2 is 2.00 bits per heavy atom. The van der Waals surface area contributed by atoms with Crippen LogP contribution in [0.25, 0.3) is 0 Å². The molecule has 18 heavy (non-hydrogen) atoms. The molecule has 0 saturated carbocycles. The number of carbonyl (C=O) groups is 1. The first-order valence-corrected chi connectivity index (χ1v) is 6.38. The molecule has 94 valence electrons. The van der Waals surface area contributed by atoms with E-state index in [0.29, 0.717) is 9.90 Å². The van der Waals surface area contributed by atoms with E-state index >= 15 is 0 Å². The van der Waals surface area contributed by atoms with Crippen molar-refractivity contribution in [1.82, 2.24) is 4.98 Å². The zero-order chi connectivity index (χ0) is 13.2. The first-order chi connectivity index (χ1) is 8.49. The SMILES string of the molecule is O=Cc1ccc(Sc2ccc(C(F)(F)F)cn2)s1. The van der Waals surface area contributed by atoms with Crippen molar-refractivity contribution in [3.8, 4) is 0 Å². The van der Waals surface area contributed by atoms with Gasteiger partial charge in [-0.25, -0.2) is 4.98 Å². The summed E-state index contributed by atoms with van der Waals surface area (Å²) in [5.74, 6) is 0. The van der Waals surface area contributed by atoms with Gasteiger partial charge in [-0.1, -0.05) is 11.8 Å². The Morgan fingerprint density at radius 3 is 2.50 bits per heavy atom. The van der Waals surface area contributed by atoms with Gasteiger partial charge in [-0.2, -0.15) is 13.2 Å². The highest BCUT2D eigenvalue weighted by Gasteiger charge is 2.30. The van der Waals surface area contributed by atoms with Crippen LogP contribution in [-0.2, 0) is 6.18 Å². The Morgan fingerprint density at radius 1 is 1.22 bits per heavy atom. The molecule has 2 rings (SSSR count). The van der Waals surface area contributed by atoms with Crippen molar-refractivity contribution in [2.75, 3.05) is 0 Å². The lowest BCUT2D eigenvalue weighted by atomic mass is 10.3. The molecule has 0 bridgehead atoms. The molecule has 0 N–H and O–H groups in total. The van der Waals surface area contributed by atoms with Crippen LogP contribution in [0, 0.1) is 0 Å². The predicted octanol–water partition coefficient (Wildman–Crippen LogP) is 4.13. The number of carbonyl (C=O) groups excluding carboxylic acids is 1. The Hall–Kier alpha value is -1.34. The van der Waals surface area contributed by atoms with Gasteiger partial charge >= 0.3 is 6.18 Å². The fourth-order valence-corrected chi connectivity index (χ4v) is 3.01. The van der Waals surface area contributed by atoms with Gasteiger partial charge in [-0.15, -0.1) is 11.3 Å². The fourth-order valence-electron chi connectivity index (χ4n) is 1.16. The Kier molecular flexibility index (Phi) is 3.72. The molecule has 0 aliphatic heterocycles. The highest BCUT2D eigenvalue weighted by atomic mass is 32.2. The number of rotatable bonds is 3. The summed E-state index contributed by atoms with van der Waals surface area (Å²) in [4.78, 5) is 14.8. The average Bonchev–Trinajstić information content (AvgIpc) is 2.76. The van der Waals surface area contributed by atoms with Gasteiger partial charge in [0.05, 0.1) is 14.6 Å². The number of aromatic nitrogens is 1. The van der Waals surface area contributed by atoms with Crippen LogP contribution in [0.5, 0.6) is 0 Å². The number of halogens is 3. The first-order valence-electron chi connectivity index (χ1n) is 4.75. The number of nitrogens with zero attached hydrogens (tertiary/aromatic N) is 1. The van der Waals surface area contributed by atoms with E-state index in [1.165, 1.54) is 29.2 Å². The third-order valence-electron chi connectivity index (χ3n) is 1.99. The molecule has 0 aliphatic rings. The summed E-state index contributed by atoms with van der Waals surface area (Å²) in [5, 5.41) is 0.460. The molecule has 0 atom stereocenters. The summed E-state index contributed by atoms with van der Waals surface area (Å²) >= 11 is 2.49. The van der Waals surface area contributed by atoms with Crippen molar-refractivity contribution in [3.63, 3.8) is 0 Å². The van der Waals surface area contributed by atoms with Crippen molar-refractivity contribution in [2.45, 2.75) is 15.4 Å². The van der Waals surface area contributed by atoms with Gasteiger partial charge in [-0.05, 0) is 24.3 Å². The highest BCUT2D eigenvalue weighted by molar-refractivity contribution is 8.01. The van der Waals surface area contributed by atoms with E-state index in [-0.39, 0.29) is 0 Å². The predicted molar refractivity (Wildman–Crippen MR) is 63.1 cm³/mol. The summed E-state index contributed by atoms with van der Waals surface area (Å²) in [6.07, 6.45) is -2.84. The highest BCUT2D eigenvalue weighted by Crippen LogP contribution is 2.34. The van der Waals surface area contributed by atoms with E-state index in [1.807, 2.05) is 0 Å². The van der Waals surface area contributed by atoms with Crippen molar-refractivity contribution in [2.24, 2.45) is 0 Å². The molecule has 0 saturated heterocycles. The summed E-state index contributed by atoms with van der Waals surface area (Å²) in [6.45, 7) is 0. The van der Waals surface area contributed by atoms with Gasteiger partial charge in [0.15, 0.2) is 6.29 Å². The second-order valence-electron chi connectivity index (χ2n) is 3.26. The molecule has 0 unspecified atom stereocenters. The number of alkyl halides is 3. The second-order valence-corrected chi connectivity index (χ2v) is 5.70. The van der Waals surface area contributed by atoms with Gasteiger partial charge in [-0.3, -0.25) is 4.79 Å². The van der Waals surface area contributed by atoms with Gasteiger partial charge in [0.2, 0.25) is 0 Å². The van der Waals surface area contributed by atoms with E-state index in [0.717, 1.165) is 22.8 Å². The molecule has 2 aromatic heterocycles. The molecular weight excluding hydrogens is 283 g/mol. The summed E-state index contributed by atoms with van der Waals surface area (Å²) in [5.41, 5.74) is -0.772. The van der Waals surface area contributed by atoms with Crippen LogP contribution in [0.4, 0.5) is 13.2 Å². The minimum absolute atomic E-state index is 0.460. The molecule has 7 heteroatoms. The first kappa shape index (κ1) is 13.1. The lowest BCUT2D eigenvalue weighted by molar-refractivity contribution is -0.137. The van der Waals surface area contributed by atoms with Gasteiger partial charge in [0.1, 0.15) is 5.03 Å². The Bertz CT molecular complexity index is 548. The molecule has 0 aliphatic carbocycles. The largest absolute Gasteiger partial charge is 0.417 e. The fraction of sp³-hybridized carbons (Fsp3) is 0.0909. The van der Waals surface area contributed by atoms with Crippen LogP contribution in [0.2, 0.25) is 0 Å². The van der Waals surface area contributed by atoms with Crippen LogP contribution in [0.15, 0.2) is 39.7 Å². The molecule has 0 spiro atoms. The van der Waals surface area contributed by atoms with Crippen LogP contribution in [0.3, 0.4) is 0 Å². The second kappa shape index (κ2) is 5.11. The number of hydrogen-bond acceptors (Lipinski definition) is 4. The average molecular weight is 289 g/mol. The maximum absolute atomic E-state index is 12.3. The molecule has 2 heterocycles. The molecule has 0 radical (unpaired) electrons. The van der Waals surface area contributed by atoms with E-state index in [9.17, 15) is 18.0 Å². The van der Waals surface area contributed by atoms with Crippen LogP contribution >= 0.6 is 23.1 Å². The summed E-state index contributed by atoms with van der Waals surface area (Å²) < 4.78 is 37.7. The van der Waals surface area contributed by atoms with Crippen LogP contribution in [0.1, 0.15) is 15.2 Å². The minimum Gasteiger partial charge on any atom is -0.297 e. The van der Waals surface area contributed by atoms with E-state index < -0.39 is 11.7 Å². The normalized spacial score (nSPS) is 11.5.